The van der Waals surface area contributed by atoms with Crippen LogP contribution in [0, 0.1) is 16.0 Å². The minimum absolute atomic E-state index is 0.0423. The Morgan fingerprint density at radius 1 is 1.38 bits per heavy atom. The van der Waals surface area contributed by atoms with Crippen LogP contribution in [0.4, 0.5) is 5.69 Å². The van der Waals surface area contributed by atoms with E-state index in [0.29, 0.717) is 23.4 Å². The molecule has 126 valence electrons. The van der Waals surface area contributed by atoms with E-state index in [4.69, 9.17) is 0 Å². The van der Waals surface area contributed by atoms with E-state index in [2.05, 4.69) is 22.5 Å². The average Bonchev–Trinajstić information content (AvgIpc) is 2.55. The van der Waals surface area contributed by atoms with Gasteiger partial charge in [0.1, 0.15) is 0 Å². The third-order valence-electron chi connectivity index (χ3n) is 4.43. The lowest BCUT2D eigenvalue weighted by atomic mass is 9.94. The van der Waals surface area contributed by atoms with Gasteiger partial charge in [0.05, 0.1) is 10.5 Å². The highest BCUT2D eigenvalue weighted by Gasteiger charge is 2.24. The van der Waals surface area contributed by atoms with Crippen molar-refractivity contribution in [1.29, 1.82) is 0 Å². The van der Waals surface area contributed by atoms with Crippen LogP contribution in [-0.4, -0.2) is 34.9 Å². The standard InChI is InChI=1S/C16H18N4O4/c1-9-4-5-17-8-14(9)19-16(22)12-7-15(21)18-13-3-2-10(20(23)24)6-11(12)13/h2-3,6-7,9,14,17H,4-5,8H2,1H3,(H,18,21)(H,19,22). The fraction of sp³-hybridized carbons (Fsp3) is 0.375. The van der Waals surface area contributed by atoms with E-state index in [0.717, 1.165) is 13.0 Å². The first-order valence-corrected chi connectivity index (χ1v) is 7.79. The summed E-state index contributed by atoms with van der Waals surface area (Å²) in [4.78, 5) is 37.5. The van der Waals surface area contributed by atoms with Crippen LogP contribution in [0.5, 0.6) is 0 Å². The van der Waals surface area contributed by atoms with Crippen LogP contribution in [0.1, 0.15) is 23.7 Å². The second kappa shape index (κ2) is 6.40. The van der Waals surface area contributed by atoms with Gasteiger partial charge in [-0.1, -0.05) is 6.92 Å². The maximum Gasteiger partial charge on any atom is 0.270 e. The number of hydrogen-bond donors (Lipinski definition) is 3. The van der Waals surface area contributed by atoms with E-state index in [1.165, 1.54) is 24.3 Å². The fourth-order valence-electron chi connectivity index (χ4n) is 2.97. The van der Waals surface area contributed by atoms with Gasteiger partial charge in [0, 0.05) is 41.7 Å². The number of nitro benzene ring substituents is 1. The molecule has 3 rings (SSSR count). The zero-order valence-corrected chi connectivity index (χ0v) is 13.2. The molecule has 0 saturated carbocycles. The number of nitrogens with one attached hydrogen (secondary N) is 3. The van der Waals surface area contributed by atoms with Crippen LogP contribution in [0.3, 0.4) is 0 Å². The number of fused-ring (bicyclic) bond motifs is 1. The molecule has 8 nitrogen and oxygen atoms in total. The van der Waals surface area contributed by atoms with E-state index < -0.39 is 16.4 Å². The summed E-state index contributed by atoms with van der Waals surface area (Å²) in [5, 5.41) is 17.5. The van der Waals surface area contributed by atoms with Crippen molar-refractivity contribution in [2.24, 2.45) is 5.92 Å². The lowest BCUT2D eigenvalue weighted by Crippen LogP contribution is -2.50. The summed E-state index contributed by atoms with van der Waals surface area (Å²) in [5.41, 5.74) is -0.00379. The Balaban J connectivity index is 2.00. The molecule has 2 atom stereocenters. The van der Waals surface area contributed by atoms with E-state index in [1.54, 1.807) is 0 Å². The number of aromatic nitrogens is 1. The number of rotatable bonds is 3. The van der Waals surface area contributed by atoms with Gasteiger partial charge in [-0.05, 0) is 24.9 Å². The summed E-state index contributed by atoms with van der Waals surface area (Å²) >= 11 is 0. The molecular weight excluding hydrogens is 312 g/mol. The third-order valence-corrected chi connectivity index (χ3v) is 4.43. The number of non-ortho nitro benzene ring substituents is 1. The van der Waals surface area contributed by atoms with Gasteiger partial charge in [-0.3, -0.25) is 19.7 Å². The minimum Gasteiger partial charge on any atom is -0.348 e. The van der Waals surface area contributed by atoms with Crippen LogP contribution in [0.2, 0.25) is 0 Å². The van der Waals surface area contributed by atoms with Crippen molar-refractivity contribution in [3.8, 4) is 0 Å². The number of amides is 1. The van der Waals surface area contributed by atoms with Crippen molar-refractivity contribution in [2.45, 2.75) is 19.4 Å². The molecule has 0 spiro atoms. The van der Waals surface area contributed by atoms with Gasteiger partial charge >= 0.3 is 0 Å². The Hall–Kier alpha value is -2.74. The summed E-state index contributed by atoms with van der Waals surface area (Å²) < 4.78 is 0. The molecule has 1 fully saturated rings. The van der Waals surface area contributed by atoms with Gasteiger partial charge in [0.2, 0.25) is 5.56 Å². The first kappa shape index (κ1) is 16.1. The average molecular weight is 330 g/mol. The Morgan fingerprint density at radius 3 is 2.88 bits per heavy atom. The normalized spacial score (nSPS) is 20.7. The number of hydrogen-bond acceptors (Lipinski definition) is 5. The Labute approximate surface area is 137 Å². The first-order valence-electron chi connectivity index (χ1n) is 7.79. The summed E-state index contributed by atoms with van der Waals surface area (Å²) in [6.07, 6.45) is 0.951. The first-order chi connectivity index (χ1) is 11.5. The number of H-pyrrole nitrogens is 1. The fourth-order valence-corrected chi connectivity index (χ4v) is 2.97. The second-order valence-electron chi connectivity index (χ2n) is 6.08. The molecule has 0 bridgehead atoms. The highest BCUT2D eigenvalue weighted by Crippen LogP contribution is 2.22. The number of aromatic amines is 1. The molecule has 8 heteroatoms. The molecule has 1 aliphatic rings. The summed E-state index contributed by atoms with van der Waals surface area (Å²) in [7, 11) is 0. The number of nitro groups is 1. The van der Waals surface area contributed by atoms with Crippen molar-refractivity contribution in [3.05, 3.63) is 50.3 Å². The molecule has 1 aromatic heterocycles. The molecule has 1 saturated heterocycles. The van der Waals surface area contributed by atoms with Gasteiger partial charge in [0.15, 0.2) is 0 Å². The summed E-state index contributed by atoms with van der Waals surface area (Å²) in [5.74, 6) is -0.0788. The van der Waals surface area contributed by atoms with Gasteiger partial charge < -0.3 is 15.6 Å². The van der Waals surface area contributed by atoms with Gasteiger partial charge in [-0.25, -0.2) is 0 Å². The monoisotopic (exact) mass is 330 g/mol. The van der Waals surface area contributed by atoms with Crippen LogP contribution in [0.15, 0.2) is 29.1 Å². The molecule has 2 unspecified atom stereocenters. The zero-order valence-electron chi connectivity index (χ0n) is 13.2. The SMILES string of the molecule is CC1CCNCC1NC(=O)c1cc(=O)[nH]c2ccc([N+](=O)[O-])cc12. The summed E-state index contributed by atoms with van der Waals surface area (Å²) in [6.45, 7) is 3.63. The molecule has 0 aliphatic carbocycles. The Morgan fingerprint density at radius 2 is 2.17 bits per heavy atom. The number of carbonyl (C=O) groups is 1. The smallest absolute Gasteiger partial charge is 0.270 e. The highest BCUT2D eigenvalue weighted by atomic mass is 16.6. The van der Waals surface area contributed by atoms with Crippen LogP contribution in [0.25, 0.3) is 10.9 Å². The quantitative estimate of drug-likeness (QED) is 0.577. The lowest BCUT2D eigenvalue weighted by Gasteiger charge is -2.30. The predicted octanol–water partition coefficient (Wildman–Crippen LogP) is 1.16. The Kier molecular flexibility index (Phi) is 4.30. The third kappa shape index (κ3) is 3.13. The van der Waals surface area contributed by atoms with Crippen molar-refractivity contribution in [1.82, 2.24) is 15.6 Å². The van der Waals surface area contributed by atoms with E-state index >= 15 is 0 Å². The largest absolute Gasteiger partial charge is 0.348 e. The second-order valence-corrected chi connectivity index (χ2v) is 6.08. The van der Waals surface area contributed by atoms with Crippen molar-refractivity contribution in [3.63, 3.8) is 0 Å². The van der Waals surface area contributed by atoms with Crippen LogP contribution < -0.4 is 16.2 Å². The molecule has 0 radical (unpaired) electrons. The molecule has 1 amide bonds. The molecule has 1 aromatic carbocycles. The zero-order chi connectivity index (χ0) is 17.3. The topological polar surface area (TPSA) is 117 Å². The molecule has 1 aliphatic heterocycles. The van der Waals surface area contributed by atoms with Gasteiger partial charge in [-0.2, -0.15) is 0 Å². The molecule has 24 heavy (non-hydrogen) atoms. The predicted molar refractivity (Wildman–Crippen MR) is 89.1 cm³/mol. The van der Waals surface area contributed by atoms with Gasteiger partial charge in [0.25, 0.3) is 11.6 Å². The van der Waals surface area contributed by atoms with Crippen molar-refractivity contribution in [2.75, 3.05) is 13.1 Å². The van der Waals surface area contributed by atoms with Gasteiger partial charge in [-0.15, -0.1) is 0 Å². The van der Waals surface area contributed by atoms with Crippen molar-refractivity contribution < 1.29 is 9.72 Å². The molecule has 2 heterocycles. The van der Waals surface area contributed by atoms with E-state index in [9.17, 15) is 19.7 Å². The maximum absolute atomic E-state index is 12.6. The molecular formula is C16H18N4O4. The van der Waals surface area contributed by atoms with Crippen LogP contribution >= 0.6 is 0 Å². The number of nitrogens with zero attached hydrogens (tertiary/aromatic N) is 1. The molecule has 3 N–H and O–H groups in total. The number of benzene rings is 1. The maximum atomic E-state index is 12.6. The Bertz CT molecular complexity index is 861. The number of piperidine rings is 1. The number of carbonyl (C=O) groups excluding carboxylic acids is 1. The van der Waals surface area contributed by atoms with Crippen LogP contribution in [-0.2, 0) is 0 Å². The molecule has 2 aromatic rings. The van der Waals surface area contributed by atoms with E-state index in [-0.39, 0.29) is 17.3 Å². The minimum atomic E-state index is -0.528. The van der Waals surface area contributed by atoms with E-state index in [1.807, 2.05) is 0 Å². The number of pyridine rings is 1. The lowest BCUT2D eigenvalue weighted by molar-refractivity contribution is -0.384. The van der Waals surface area contributed by atoms with Crippen molar-refractivity contribution >= 4 is 22.5 Å². The highest BCUT2D eigenvalue weighted by molar-refractivity contribution is 6.06. The summed E-state index contributed by atoms with van der Waals surface area (Å²) in [6, 6.07) is 5.19.